The third-order valence-corrected chi connectivity index (χ3v) is 4.87. The summed E-state index contributed by atoms with van der Waals surface area (Å²) in [5, 5.41) is 9.35. The van der Waals surface area contributed by atoms with E-state index in [-0.39, 0.29) is 6.42 Å². The second-order valence-electron chi connectivity index (χ2n) is 7.22. The van der Waals surface area contributed by atoms with Gasteiger partial charge in [0, 0.05) is 0 Å². The number of carbonyl (C=O) groups is 1. The second kappa shape index (κ2) is 18.2. The normalized spacial score (nSPS) is 13.6. The maximum Gasteiger partial charge on any atom is 0.337 e. The maximum absolute atomic E-state index is 13.5. The van der Waals surface area contributed by atoms with Crippen molar-refractivity contribution < 1.29 is 19.0 Å². The van der Waals surface area contributed by atoms with Crippen LogP contribution < -0.4 is 0 Å². The van der Waals surface area contributed by atoms with Crippen molar-refractivity contribution in [2.75, 3.05) is 7.11 Å². The fourth-order valence-corrected chi connectivity index (χ4v) is 3.14. The Hall–Kier alpha value is -0.640. The van der Waals surface area contributed by atoms with E-state index in [9.17, 15) is 14.3 Å². The van der Waals surface area contributed by atoms with Crippen molar-refractivity contribution in [3.05, 3.63) is 0 Å². The van der Waals surface area contributed by atoms with E-state index in [2.05, 4.69) is 11.7 Å². The molecule has 0 saturated carbocycles. The second-order valence-corrected chi connectivity index (χ2v) is 7.22. The van der Waals surface area contributed by atoms with Gasteiger partial charge in [-0.2, -0.15) is 0 Å². The van der Waals surface area contributed by atoms with E-state index in [1.807, 2.05) is 0 Å². The van der Waals surface area contributed by atoms with Crippen LogP contribution in [0.15, 0.2) is 0 Å². The monoisotopic (exact) mass is 360 g/mol. The molecule has 0 radical (unpaired) electrons. The lowest BCUT2D eigenvalue weighted by atomic mass is 10.0. The van der Waals surface area contributed by atoms with Gasteiger partial charge in [0.1, 0.15) is 6.17 Å². The Bertz CT molecular complexity index is 297. The Morgan fingerprint density at radius 2 is 1.16 bits per heavy atom. The number of halogens is 1. The van der Waals surface area contributed by atoms with Crippen LogP contribution in [0.5, 0.6) is 0 Å². The molecular formula is C21H41FO3. The predicted octanol–water partition coefficient (Wildman–Crippen LogP) is 6.12. The molecule has 0 aliphatic rings. The number of methoxy groups -OCH3 is 1. The first-order valence-corrected chi connectivity index (χ1v) is 10.5. The van der Waals surface area contributed by atoms with Gasteiger partial charge in [-0.15, -0.1) is 0 Å². The van der Waals surface area contributed by atoms with Gasteiger partial charge in [0.25, 0.3) is 0 Å². The van der Waals surface area contributed by atoms with E-state index >= 15 is 0 Å². The predicted molar refractivity (Wildman–Crippen MR) is 102 cm³/mol. The zero-order valence-electron chi connectivity index (χ0n) is 16.6. The number of rotatable bonds is 18. The first-order valence-electron chi connectivity index (χ1n) is 10.5. The number of hydrogen-bond donors (Lipinski definition) is 1. The van der Waals surface area contributed by atoms with Gasteiger partial charge in [-0.05, 0) is 6.42 Å². The van der Waals surface area contributed by atoms with Gasteiger partial charge < -0.3 is 9.84 Å². The van der Waals surface area contributed by atoms with Crippen LogP contribution in [0.4, 0.5) is 4.39 Å². The molecule has 4 heteroatoms. The SMILES string of the molecule is CCCCCCCCCCCCCCCCCC(F)C(O)C(=O)OC. The molecule has 0 rings (SSSR count). The van der Waals surface area contributed by atoms with Gasteiger partial charge in [0.05, 0.1) is 7.11 Å². The van der Waals surface area contributed by atoms with Crippen LogP contribution in [0.3, 0.4) is 0 Å². The van der Waals surface area contributed by atoms with Crippen molar-refractivity contribution in [2.24, 2.45) is 0 Å². The van der Waals surface area contributed by atoms with E-state index in [0.29, 0.717) is 6.42 Å². The summed E-state index contributed by atoms with van der Waals surface area (Å²) in [6.07, 6.45) is 16.1. The summed E-state index contributed by atoms with van der Waals surface area (Å²) >= 11 is 0. The van der Waals surface area contributed by atoms with Crippen LogP contribution in [0.1, 0.15) is 110 Å². The number of hydrogen-bond acceptors (Lipinski definition) is 3. The fourth-order valence-electron chi connectivity index (χ4n) is 3.14. The Morgan fingerprint density at radius 1 is 0.800 bits per heavy atom. The summed E-state index contributed by atoms with van der Waals surface area (Å²) in [4.78, 5) is 11.0. The molecule has 0 heterocycles. The van der Waals surface area contributed by atoms with Crippen molar-refractivity contribution in [1.29, 1.82) is 0 Å². The number of alkyl halides is 1. The number of aliphatic hydroxyl groups is 1. The summed E-state index contributed by atoms with van der Waals surface area (Å²) in [7, 11) is 1.16. The van der Waals surface area contributed by atoms with Crippen molar-refractivity contribution in [1.82, 2.24) is 0 Å². The molecule has 0 saturated heterocycles. The largest absolute Gasteiger partial charge is 0.467 e. The Morgan fingerprint density at radius 3 is 1.52 bits per heavy atom. The first-order chi connectivity index (χ1) is 12.1. The molecular weight excluding hydrogens is 319 g/mol. The Labute approximate surface area is 154 Å². The summed E-state index contributed by atoms with van der Waals surface area (Å²) in [6.45, 7) is 2.26. The summed E-state index contributed by atoms with van der Waals surface area (Å²) in [5.74, 6) is -0.881. The summed E-state index contributed by atoms with van der Waals surface area (Å²) in [5.41, 5.74) is 0. The van der Waals surface area contributed by atoms with Crippen molar-refractivity contribution >= 4 is 5.97 Å². The van der Waals surface area contributed by atoms with Crippen LogP contribution >= 0.6 is 0 Å². The zero-order valence-corrected chi connectivity index (χ0v) is 16.6. The molecule has 150 valence electrons. The third kappa shape index (κ3) is 15.3. The molecule has 25 heavy (non-hydrogen) atoms. The van der Waals surface area contributed by atoms with Crippen LogP contribution in [-0.4, -0.2) is 30.5 Å². The number of ether oxygens (including phenoxy) is 1. The van der Waals surface area contributed by atoms with Crippen LogP contribution in [0.2, 0.25) is 0 Å². The molecule has 0 amide bonds. The van der Waals surface area contributed by atoms with Crippen LogP contribution in [-0.2, 0) is 9.53 Å². The molecule has 0 aliphatic carbocycles. The Kier molecular flexibility index (Phi) is 17.7. The molecule has 0 bridgehead atoms. The van der Waals surface area contributed by atoms with Gasteiger partial charge >= 0.3 is 5.97 Å². The smallest absolute Gasteiger partial charge is 0.337 e. The zero-order chi connectivity index (χ0) is 18.8. The van der Waals surface area contributed by atoms with E-state index in [1.54, 1.807) is 0 Å². The highest BCUT2D eigenvalue weighted by Gasteiger charge is 2.25. The minimum absolute atomic E-state index is 0.231. The molecule has 1 N–H and O–H groups in total. The number of esters is 1. The lowest BCUT2D eigenvalue weighted by Crippen LogP contribution is -2.31. The molecule has 0 aromatic rings. The summed E-state index contributed by atoms with van der Waals surface area (Å²) < 4.78 is 17.9. The first kappa shape index (κ1) is 24.4. The highest BCUT2D eigenvalue weighted by Crippen LogP contribution is 2.15. The van der Waals surface area contributed by atoms with Crippen molar-refractivity contribution in [2.45, 2.75) is 122 Å². The standard InChI is InChI=1S/C21H41FO3/c1-3-4-5-6-7-8-9-10-11-12-13-14-15-16-17-18-19(22)20(23)21(24)25-2/h19-20,23H,3-18H2,1-2H3. The average Bonchev–Trinajstić information content (AvgIpc) is 2.63. The fraction of sp³-hybridized carbons (Fsp3) is 0.952. The molecule has 2 atom stereocenters. The molecule has 0 aromatic carbocycles. The van der Waals surface area contributed by atoms with Crippen molar-refractivity contribution in [3.63, 3.8) is 0 Å². The lowest BCUT2D eigenvalue weighted by molar-refractivity contribution is -0.154. The van der Waals surface area contributed by atoms with E-state index in [1.165, 1.54) is 77.0 Å². The lowest BCUT2D eigenvalue weighted by Gasteiger charge is -2.13. The topological polar surface area (TPSA) is 46.5 Å². The maximum atomic E-state index is 13.5. The van der Waals surface area contributed by atoms with Crippen molar-refractivity contribution in [3.8, 4) is 0 Å². The molecule has 0 aromatic heterocycles. The third-order valence-electron chi connectivity index (χ3n) is 4.87. The van der Waals surface area contributed by atoms with Crippen LogP contribution in [0, 0.1) is 0 Å². The minimum Gasteiger partial charge on any atom is -0.467 e. The Balaban J connectivity index is 3.22. The molecule has 2 unspecified atom stereocenters. The summed E-state index contributed by atoms with van der Waals surface area (Å²) in [6, 6.07) is 0. The highest BCUT2D eigenvalue weighted by atomic mass is 19.1. The van der Waals surface area contributed by atoms with Gasteiger partial charge in [-0.3, -0.25) is 0 Å². The van der Waals surface area contributed by atoms with Gasteiger partial charge in [0.15, 0.2) is 6.10 Å². The minimum atomic E-state index is -1.63. The number of unbranched alkanes of at least 4 members (excludes halogenated alkanes) is 14. The average molecular weight is 361 g/mol. The van der Waals surface area contributed by atoms with Crippen LogP contribution in [0.25, 0.3) is 0 Å². The molecule has 0 fully saturated rings. The molecule has 0 aliphatic heterocycles. The van der Waals surface area contributed by atoms with E-state index in [4.69, 9.17) is 0 Å². The van der Waals surface area contributed by atoms with Gasteiger partial charge in [-0.25, -0.2) is 9.18 Å². The number of carbonyl (C=O) groups excluding carboxylic acids is 1. The van der Waals surface area contributed by atoms with E-state index in [0.717, 1.165) is 20.0 Å². The van der Waals surface area contributed by atoms with Gasteiger partial charge in [-0.1, -0.05) is 103 Å². The quantitative estimate of drug-likeness (QED) is 0.236. The highest BCUT2D eigenvalue weighted by molar-refractivity contribution is 5.74. The molecule has 3 nitrogen and oxygen atoms in total. The van der Waals surface area contributed by atoms with E-state index < -0.39 is 18.2 Å². The molecule has 0 spiro atoms. The number of aliphatic hydroxyl groups excluding tert-OH is 1. The van der Waals surface area contributed by atoms with Gasteiger partial charge in [0.2, 0.25) is 0 Å².